The summed E-state index contributed by atoms with van der Waals surface area (Å²) < 4.78 is 0. The highest BCUT2D eigenvalue weighted by molar-refractivity contribution is 5.74. The maximum atomic E-state index is 9.25. The van der Waals surface area contributed by atoms with E-state index in [1.54, 1.807) is 0 Å². The zero-order valence-corrected chi connectivity index (χ0v) is 9.19. The molecular formula is C14H15NO. The van der Waals surface area contributed by atoms with Crippen LogP contribution in [-0.2, 0) is 6.42 Å². The van der Waals surface area contributed by atoms with E-state index in [-0.39, 0.29) is 6.61 Å². The number of hydrogen-bond donors (Lipinski definition) is 1. The van der Waals surface area contributed by atoms with E-state index in [0.717, 1.165) is 24.9 Å². The summed E-state index contributed by atoms with van der Waals surface area (Å²) in [6, 6.07) is 4.28. The molecule has 0 fully saturated rings. The molecule has 1 aliphatic heterocycles. The third-order valence-corrected chi connectivity index (χ3v) is 3.43. The molecular weight excluding hydrogens is 198 g/mol. The summed E-state index contributed by atoms with van der Waals surface area (Å²) in [5.41, 5.74) is 2.47. The molecule has 2 heteroatoms. The molecule has 0 saturated carbocycles. The minimum Gasteiger partial charge on any atom is -0.396 e. The highest BCUT2D eigenvalue weighted by Crippen LogP contribution is 2.15. The van der Waals surface area contributed by atoms with Crippen LogP contribution in [0.25, 0.3) is 12.2 Å². The van der Waals surface area contributed by atoms with Crippen molar-refractivity contribution in [3.8, 4) is 0 Å². The van der Waals surface area contributed by atoms with Gasteiger partial charge in [0, 0.05) is 30.4 Å². The lowest BCUT2D eigenvalue weighted by atomic mass is 9.90. The van der Waals surface area contributed by atoms with Gasteiger partial charge in [0.2, 0.25) is 0 Å². The number of hydrogen-bond acceptors (Lipinski definition) is 2. The first kappa shape index (κ1) is 9.79. The van der Waals surface area contributed by atoms with Crippen molar-refractivity contribution in [2.75, 3.05) is 6.61 Å². The number of benzene rings is 1. The second kappa shape index (κ2) is 3.87. The molecule has 0 spiro atoms. The molecule has 1 heterocycles. The Morgan fingerprint density at radius 3 is 3.12 bits per heavy atom. The van der Waals surface area contributed by atoms with Crippen molar-refractivity contribution >= 4 is 24.1 Å². The topological polar surface area (TPSA) is 32.6 Å². The minimum atomic E-state index is 0.256. The summed E-state index contributed by atoms with van der Waals surface area (Å²) in [6.07, 6.45) is 9.45. The Hall–Kier alpha value is -1.41. The monoisotopic (exact) mass is 213 g/mol. The Kier molecular flexibility index (Phi) is 2.37. The van der Waals surface area contributed by atoms with Crippen molar-refractivity contribution < 1.29 is 5.11 Å². The van der Waals surface area contributed by atoms with E-state index in [4.69, 9.17) is 0 Å². The Bertz CT molecular complexity index is 557. The van der Waals surface area contributed by atoms with Gasteiger partial charge in [-0.25, -0.2) is 0 Å². The molecule has 1 aromatic carbocycles. The van der Waals surface area contributed by atoms with E-state index in [1.807, 2.05) is 6.21 Å². The Morgan fingerprint density at radius 1 is 1.31 bits per heavy atom. The molecule has 1 N–H and O–H groups in total. The van der Waals surface area contributed by atoms with Gasteiger partial charge in [-0.05, 0) is 29.7 Å². The van der Waals surface area contributed by atoms with Gasteiger partial charge in [-0.1, -0.05) is 18.2 Å². The molecule has 2 aliphatic rings. The Morgan fingerprint density at radius 2 is 2.25 bits per heavy atom. The third kappa shape index (κ3) is 1.50. The predicted molar refractivity (Wildman–Crippen MR) is 66.3 cm³/mol. The van der Waals surface area contributed by atoms with Gasteiger partial charge in [0.1, 0.15) is 0 Å². The van der Waals surface area contributed by atoms with Crippen LogP contribution in [0.4, 0.5) is 5.69 Å². The van der Waals surface area contributed by atoms with Gasteiger partial charge < -0.3 is 5.11 Å². The molecule has 82 valence electrons. The molecule has 0 aromatic heterocycles. The Labute approximate surface area is 94.6 Å². The van der Waals surface area contributed by atoms with Gasteiger partial charge >= 0.3 is 0 Å². The molecule has 1 aromatic rings. The van der Waals surface area contributed by atoms with Gasteiger partial charge in [-0.3, -0.25) is 4.99 Å². The maximum Gasteiger partial charge on any atom is 0.0701 e. The van der Waals surface area contributed by atoms with Crippen LogP contribution in [0.5, 0.6) is 0 Å². The van der Waals surface area contributed by atoms with Crippen LogP contribution in [0.1, 0.15) is 18.4 Å². The number of aliphatic hydroxyl groups excluding tert-OH is 1. The zero-order valence-electron chi connectivity index (χ0n) is 9.19. The molecule has 0 radical (unpaired) electrons. The van der Waals surface area contributed by atoms with Crippen molar-refractivity contribution in [2.45, 2.75) is 19.3 Å². The lowest BCUT2D eigenvalue weighted by Crippen LogP contribution is -2.34. The van der Waals surface area contributed by atoms with Gasteiger partial charge in [0.05, 0.1) is 5.69 Å². The molecule has 2 nitrogen and oxygen atoms in total. The first-order valence-corrected chi connectivity index (χ1v) is 5.86. The van der Waals surface area contributed by atoms with E-state index in [2.05, 4.69) is 29.3 Å². The standard InChI is InChI=1S/C14H15NO/c16-9-10-3-4-11-5-6-14-12(13(11)8-10)2-1-7-15-14/h2,5-8,10,16H,1,3-4,9H2. The summed E-state index contributed by atoms with van der Waals surface area (Å²) in [5, 5.41) is 11.8. The normalized spacial score (nSPS) is 21.7. The van der Waals surface area contributed by atoms with Gasteiger partial charge in [-0.15, -0.1) is 0 Å². The van der Waals surface area contributed by atoms with Crippen molar-refractivity contribution in [3.05, 3.63) is 28.1 Å². The lowest BCUT2D eigenvalue weighted by molar-refractivity contribution is 0.252. The van der Waals surface area contributed by atoms with Crippen LogP contribution < -0.4 is 10.4 Å². The van der Waals surface area contributed by atoms with E-state index in [9.17, 15) is 5.11 Å². The first-order valence-electron chi connectivity index (χ1n) is 5.86. The fraction of sp³-hybridized carbons (Fsp3) is 0.357. The van der Waals surface area contributed by atoms with Crippen LogP contribution >= 0.6 is 0 Å². The van der Waals surface area contributed by atoms with Crippen LogP contribution in [0.2, 0.25) is 0 Å². The molecule has 0 bridgehead atoms. The van der Waals surface area contributed by atoms with Gasteiger partial charge in [0.25, 0.3) is 0 Å². The van der Waals surface area contributed by atoms with Gasteiger partial charge in [-0.2, -0.15) is 0 Å². The second-order valence-corrected chi connectivity index (χ2v) is 4.47. The highest BCUT2D eigenvalue weighted by Gasteiger charge is 2.13. The van der Waals surface area contributed by atoms with E-state index in [0.29, 0.717) is 5.92 Å². The average molecular weight is 213 g/mol. The van der Waals surface area contributed by atoms with Crippen molar-refractivity contribution in [1.82, 2.24) is 0 Å². The predicted octanol–water partition coefficient (Wildman–Crippen LogP) is 0.908. The van der Waals surface area contributed by atoms with E-state index < -0.39 is 0 Å². The fourth-order valence-corrected chi connectivity index (χ4v) is 2.54. The van der Waals surface area contributed by atoms with E-state index >= 15 is 0 Å². The number of aliphatic hydroxyl groups is 1. The summed E-state index contributed by atoms with van der Waals surface area (Å²) in [7, 11) is 0. The zero-order chi connectivity index (χ0) is 11.0. The second-order valence-electron chi connectivity index (χ2n) is 4.47. The van der Waals surface area contributed by atoms with Crippen LogP contribution in [0, 0.1) is 5.92 Å². The van der Waals surface area contributed by atoms with Crippen molar-refractivity contribution in [3.63, 3.8) is 0 Å². The summed E-state index contributed by atoms with van der Waals surface area (Å²) in [6.45, 7) is 0.256. The summed E-state index contributed by atoms with van der Waals surface area (Å²) in [5.74, 6) is 0.318. The minimum absolute atomic E-state index is 0.256. The third-order valence-electron chi connectivity index (χ3n) is 3.43. The Balaban J connectivity index is 2.29. The summed E-state index contributed by atoms with van der Waals surface area (Å²) in [4.78, 5) is 4.41. The van der Waals surface area contributed by atoms with Crippen molar-refractivity contribution in [2.24, 2.45) is 10.9 Å². The fourth-order valence-electron chi connectivity index (χ4n) is 2.54. The molecule has 16 heavy (non-hydrogen) atoms. The molecule has 0 saturated heterocycles. The summed E-state index contributed by atoms with van der Waals surface area (Å²) >= 11 is 0. The highest BCUT2D eigenvalue weighted by atomic mass is 16.3. The van der Waals surface area contributed by atoms with Crippen LogP contribution in [-0.4, -0.2) is 17.9 Å². The van der Waals surface area contributed by atoms with Crippen LogP contribution in [0.3, 0.4) is 0 Å². The number of aryl methyl sites for hydroxylation is 1. The van der Waals surface area contributed by atoms with Crippen molar-refractivity contribution in [1.29, 1.82) is 0 Å². The average Bonchev–Trinajstić information content (AvgIpc) is 2.38. The van der Waals surface area contributed by atoms with Crippen LogP contribution in [0.15, 0.2) is 17.1 Å². The molecule has 3 rings (SSSR count). The van der Waals surface area contributed by atoms with Gasteiger partial charge in [0.15, 0.2) is 0 Å². The number of fused-ring (bicyclic) bond motifs is 3. The molecule has 1 unspecified atom stereocenters. The number of rotatable bonds is 1. The SMILES string of the molecule is OCC1C=c2c(ccc3c2=CCC=N3)CC1. The van der Waals surface area contributed by atoms with E-state index in [1.165, 1.54) is 16.0 Å². The molecule has 0 amide bonds. The smallest absolute Gasteiger partial charge is 0.0701 e. The first-order chi connectivity index (χ1) is 7.88. The molecule has 1 atom stereocenters. The molecule has 1 aliphatic carbocycles. The maximum absolute atomic E-state index is 9.25. The lowest BCUT2D eigenvalue weighted by Gasteiger charge is -2.17. The largest absolute Gasteiger partial charge is 0.396 e. The number of nitrogens with zero attached hydrogens (tertiary/aromatic N) is 1. The quantitative estimate of drug-likeness (QED) is 0.739. The number of aliphatic imine (C=N–C) groups is 1.